The van der Waals surface area contributed by atoms with Crippen molar-refractivity contribution in [2.45, 2.75) is 20.0 Å². The van der Waals surface area contributed by atoms with Crippen molar-refractivity contribution >= 4 is 15.9 Å². The maximum Gasteiger partial charge on any atom is 0.0271 e. The molecule has 1 aromatic carbocycles. The summed E-state index contributed by atoms with van der Waals surface area (Å²) < 4.78 is 1.16. The Morgan fingerprint density at radius 3 is 2.47 bits per heavy atom. The van der Waals surface area contributed by atoms with Gasteiger partial charge in [0, 0.05) is 30.0 Å². The molecule has 0 aliphatic rings. The smallest absolute Gasteiger partial charge is 0.0271 e. The number of nitrogens with zero attached hydrogens (tertiary/aromatic N) is 1. The predicted octanol–water partition coefficient (Wildman–Crippen LogP) is 3.44. The van der Waals surface area contributed by atoms with Crippen molar-refractivity contribution in [3.8, 4) is 0 Å². The topological polar surface area (TPSA) is 24.9 Å². The van der Waals surface area contributed by atoms with Crippen LogP contribution in [0.2, 0.25) is 0 Å². The van der Waals surface area contributed by atoms with Crippen LogP contribution in [0.5, 0.6) is 0 Å². The highest BCUT2D eigenvalue weighted by Crippen LogP contribution is 2.16. The van der Waals surface area contributed by atoms with E-state index in [0.717, 1.165) is 17.6 Å². The fourth-order valence-corrected chi connectivity index (χ4v) is 1.92. The Hall–Kier alpha value is -1.19. The maximum absolute atomic E-state index is 4.00. The second-order valence-electron chi connectivity index (χ2n) is 4.04. The van der Waals surface area contributed by atoms with Gasteiger partial charge >= 0.3 is 0 Å². The molecule has 1 aromatic heterocycles. The van der Waals surface area contributed by atoms with Crippen molar-refractivity contribution in [1.29, 1.82) is 0 Å². The second-order valence-corrected chi connectivity index (χ2v) is 4.90. The van der Waals surface area contributed by atoms with Gasteiger partial charge in [-0.1, -0.05) is 28.1 Å². The molecule has 3 heteroatoms. The summed E-state index contributed by atoms with van der Waals surface area (Å²) in [5, 5.41) is 3.42. The van der Waals surface area contributed by atoms with Crippen molar-refractivity contribution in [1.82, 2.24) is 10.3 Å². The summed E-state index contributed by atoms with van der Waals surface area (Å²) in [5.41, 5.74) is 3.84. The Labute approximate surface area is 110 Å². The van der Waals surface area contributed by atoms with Crippen molar-refractivity contribution < 1.29 is 0 Å². The Morgan fingerprint density at radius 1 is 1.06 bits per heavy atom. The number of halogens is 1. The van der Waals surface area contributed by atoms with Crippen molar-refractivity contribution in [2.24, 2.45) is 0 Å². The predicted molar refractivity (Wildman–Crippen MR) is 73.7 cm³/mol. The van der Waals surface area contributed by atoms with Gasteiger partial charge in [-0.15, -0.1) is 0 Å². The minimum absolute atomic E-state index is 0.873. The summed E-state index contributed by atoms with van der Waals surface area (Å²) in [6.07, 6.45) is 3.64. The molecule has 0 aliphatic carbocycles. The van der Waals surface area contributed by atoms with Gasteiger partial charge in [0.25, 0.3) is 0 Å². The van der Waals surface area contributed by atoms with Gasteiger partial charge in [0.05, 0.1) is 0 Å². The Balaban J connectivity index is 1.88. The minimum atomic E-state index is 0.873. The molecule has 2 aromatic rings. The van der Waals surface area contributed by atoms with E-state index in [-0.39, 0.29) is 0 Å². The van der Waals surface area contributed by atoms with Crippen LogP contribution in [0.3, 0.4) is 0 Å². The molecule has 1 heterocycles. The normalized spacial score (nSPS) is 10.5. The largest absolute Gasteiger partial charge is 0.309 e. The number of aromatic nitrogens is 1. The zero-order chi connectivity index (χ0) is 12.1. The number of aryl methyl sites for hydroxylation is 1. The monoisotopic (exact) mass is 290 g/mol. The molecule has 0 bridgehead atoms. The van der Waals surface area contributed by atoms with Gasteiger partial charge in [0.1, 0.15) is 0 Å². The third-order valence-corrected chi connectivity index (χ3v) is 3.52. The number of hydrogen-bond acceptors (Lipinski definition) is 2. The van der Waals surface area contributed by atoms with E-state index in [1.165, 1.54) is 16.7 Å². The third-order valence-electron chi connectivity index (χ3n) is 2.63. The molecule has 0 saturated heterocycles. The molecule has 0 radical (unpaired) electrons. The lowest BCUT2D eigenvalue weighted by molar-refractivity contribution is 0.692. The molecule has 2 nitrogen and oxygen atoms in total. The standard InChI is InChI=1S/C14H15BrN2/c1-11-8-13(2-3-14(11)15)10-17-9-12-4-6-16-7-5-12/h2-8,17H,9-10H2,1H3. The van der Waals surface area contributed by atoms with Crippen molar-refractivity contribution in [3.63, 3.8) is 0 Å². The first-order valence-corrected chi connectivity index (χ1v) is 6.39. The number of benzene rings is 1. The van der Waals surface area contributed by atoms with Gasteiger partial charge in [0.15, 0.2) is 0 Å². The molecule has 1 N–H and O–H groups in total. The van der Waals surface area contributed by atoms with Gasteiger partial charge in [-0.05, 0) is 41.8 Å². The van der Waals surface area contributed by atoms with Crippen molar-refractivity contribution in [3.05, 3.63) is 63.9 Å². The quantitative estimate of drug-likeness (QED) is 0.933. The SMILES string of the molecule is Cc1cc(CNCc2ccncc2)ccc1Br. The Kier molecular flexibility index (Phi) is 4.29. The average molecular weight is 291 g/mol. The van der Waals surface area contributed by atoms with Gasteiger partial charge in [-0.2, -0.15) is 0 Å². The molecule has 2 rings (SSSR count). The molecule has 0 unspecified atom stereocenters. The van der Waals surface area contributed by atoms with Crippen LogP contribution in [0, 0.1) is 6.92 Å². The summed E-state index contributed by atoms with van der Waals surface area (Å²) in [4.78, 5) is 4.00. The van der Waals surface area contributed by atoms with Crippen LogP contribution >= 0.6 is 15.9 Å². The summed E-state index contributed by atoms with van der Waals surface area (Å²) in [5.74, 6) is 0. The fourth-order valence-electron chi connectivity index (χ4n) is 1.67. The summed E-state index contributed by atoms with van der Waals surface area (Å²) in [6.45, 7) is 3.87. The first-order chi connectivity index (χ1) is 8.25. The van der Waals surface area contributed by atoms with Crippen LogP contribution < -0.4 is 5.32 Å². The van der Waals surface area contributed by atoms with Gasteiger partial charge < -0.3 is 5.32 Å². The van der Waals surface area contributed by atoms with E-state index >= 15 is 0 Å². The lowest BCUT2D eigenvalue weighted by Gasteiger charge is -2.06. The molecule has 0 spiro atoms. The first-order valence-electron chi connectivity index (χ1n) is 5.60. The first kappa shape index (κ1) is 12.3. The van der Waals surface area contributed by atoms with E-state index in [2.05, 4.69) is 51.4 Å². The van der Waals surface area contributed by atoms with Gasteiger partial charge in [-0.3, -0.25) is 4.98 Å². The van der Waals surface area contributed by atoms with Crippen LogP contribution in [-0.2, 0) is 13.1 Å². The summed E-state index contributed by atoms with van der Waals surface area (Å²) in [7, 11) is 0. The zero-order valence-corrected chi connectivity index (χ0v) is 11.4. The van der Waals surface area contributed by atoms with E-state index in [1.807, 2.05) is 24.5 Å². The highest BCUT2D eigenvalue weighted by atomic mass is 79.9. The van der Waals surface area contributed by atoms with Crippen LogP contribution in [0.1, 0.15) is 16.7 Å². The molecule has 17 heavy (non-hydrogen) atoms. The number of hydrogen-bond donors (Lipinski definition) is 1. The minimum Gasteiger partial charge on any atom is -0.309 e. The third kappa shape index (κ3) is 3.65. The molecule has 0 fully saturated rings. The molecular formula is C14H15BrN2. The van der Waals surface area contributed by atoms with E-state index < -0.39 is 0 Å². The van der Waals surface area contributed by atoms with E-state index in [0.29, 0.717) is 0 Å². The molecule has 88 valence electrons. The second kappa shape index (κ2) is 5.94. The Morgan fingerprint density at radius 2 is 1.76 bits per heavy atom. The van der Waals surface area contributed by atoms with Crippen LogP contribution in [0.4, 0.5) is 0 Å². The lowest BCUT2D eigenvalue weighted by Crippen LogP contribution is -2.12. The fraction of sp³-hybridized carbons (Fsp3) is 0.214. The Bertz CT molecular complexity index is 483. The van der Waals surface area contributed by atoms with E-state index in [4.69, 9.17) is 0 Å². The van der Waals surface area contributed by atoms with Crippen LogP contribution in [-0.4, -0.2) is 4.98 Å². The molecule has 0 amide bonds. The molecular weight excluding hydrogens is 276 g/mol. The number of pyridine rings is 1. The lowest BCUT2D eigenvalue weighted by atomic mass is 10.1. The van der Waals surface area contributed by atoms with Gasteiger partial charge in [0.2, 0.25) is 0 Å². The molecule has 0 atom stereocenters. The van der Waals surface area contributed by atoms with Crippen LogP contribution in [0.15, 0.2) is 47.2 Å². The van der Waals surface area contributed by atoms with Crippen LogP contribution in [0.25, 0.3) is 0 Å². The summed E-state index contributed by atoms with van der Waals surface area (Å²) >= 11 is 3.51. The van der Waals surface area contributed by atoms with Gasteiger partial charge in [-0.25, -0.2) is 0 Å². The number of nitrogens with one attached hydrogen (secondary N) is 1. The van der Waals surface area contributed by atoms with E-state index in [1.54, 1.807) is 0 Å². The maximum atomic E-state index is 4.00. The molecule has 0 aliphatic heterocycles. The highest BCUT2D eigenvalue weighted by Gasteiger charge is 1.97. The average Bonchev–Trinajstić information content (AvgIpc) is 2.35. The summed E-state index contributed by atoms with van der Waals surface area (Å²) in [6, 6.07) is 10.5. The number of rotatable bonds is 4. The highest BCUT2D eigenvalue weighted by molar-refractivity contribution is 9.10. The van der Waals surface area contributed by atoms with E-state index in [9.17, 15) is 0 Å². The molecule has 0 saturated carbocycles. The van der Waals surface area contributed by atoms with Crippen molar-refractivity contribution in [2.75, 3.05) is 0 Å². The zero-order valence-electron chi connectivity index (χ0n) is 9.78.